The van der Waals surface area contributed by atoms with Gasteiger partial charge >= 0.3 is 0 Å². The fourth-order valence-corrected chi connectivity index (χ4v) is 5.54. The van der Waals surface area contributed by atoms with Crippen LogP contribution in [-0.2, 0) is 14.8 Å². The lowest BCUT2D eigenvalue weighted by Gasteiger charge is -2.34. The first-order valence-electron chi connectivity index (χ1n) is 8.88. The van der Waals surface area contributed by atoms with Gasteiger partial charge in [-0.3, -0.25) is 9.79 Å². The maximum Gasteiger partial charge on any atom is 0.250 e. The third-order valence-corrected chi connectivity index (χ3v) is 7.31. The molecule has 4 N–H and O–H groups in total. The molecule has 1 unspecified atom stereocenters. The van der Waals surface area contributed by atoms with Crippen molar-refractivity contribution in [2.24, 2.45) is 16.6 Å². The second-order valence-electron chi connectivity index (χ2n) is 6.32. The van der Waals surface area contributed by atoms with Crippen LogP contribution < -0.4 is 15.8 Å². The van der Waals surface area contributed by atoms with Crippen LogP contribution in [0.3, 0.4) is 0 Å². The molecular formula is C16H27ClIN5O3S2. The number of amides is 1. The third kappa shape index (κ3) is 8.01. The van der Waals surface area contributed by atoms with Gasteiger partial charge in [0.05, 0.1) is 10.9 Å². The van der Waals surface area contributed by atoms with Crippen molar-refractivity contribution in [2.45, 2.75) is 30.4 Å². The quantitative estimate of drug-likeness (QED) is 0.193. The number of halogens is 2. The minimum Gasteiger partial charge on any atom is -0.370 e. The number of thiophene rings is 1. The summed E-state index contributed by atoms with van der Waals surface area (Å²) >= 11 is 6.81. The largest absolute Gasteiger partial charge is 0.370 e. The second-order valence-corrected chi connectivity index (χ2v) is 10.0. The molecule has 1 fully saturated rings. The zero-order valence-electron chi connectivity index (χ0n) is 15.7. The molecule has 0 aliphatic carbocycles. The molecule has 1 aliphatic rings. The molecule has 1 saturated heterocycles. The highest BCUT2D eigenvalue weighted by atomic mass is 127. The number of carbonyl (C=O) groups excluding carboxylic acids is 1. The Bertz CT molecular complexity index is 772. The minimum atomic E-state index is -3.57. The van der Waals surface area contributed by atoms with Crippen LogP contribution in [0, 0.1) is 5.92 Å². The average Bonchev–Trinajstić information content (AvgIpc) is 3.05. The highest BCUT2D eigenvalue weighted by Crippen LogP contribution is 2.25. The summed E-state index contributed by atoms with van der Waals surface area (Å²) in [6.07, 6.45) is 2.31. The van der Waals surface area contributed by atoms with Gasteiger partial charge in [-0.15, -0.1) is 35.3 Å². The number of aliphatic imine (C=N–C) groups is 1. The van der Waals surface area contributed by atoms with Crippen LogP contribution in [0.2, 0.25) is 4.34 Å². The zero-order chi connectivity index (χ0) is 19.9. The zero-order valence-corrected chi connectivity index (χ0v) is 20.4. The smallest absolute Gasteiger partial charge is 0.250 e. The van der Waals surface area contributed by atoms with E-state index in [9.17, 15) is 13.2 Å². The van der Waals surface area contributed by atoms with Crippen molar-refractivity contribution >= 4 is 68.8 Å². The Labute approximate surface area is 192 Å². The predicted molar refractivity (Wildman–Crippen MR) is 124 cm³/mol. The number of primary amides is 1. The Hall–Kier alpha value is -0.630. The lowest BCUT2D eigenvalue weighted by atomic mass is 9.95. The van der Waals surface area contributed by atoms with Crippen LogP contribution in [0.15, 0.2) is 21.3 Å². The van der Waals surface area contributed by atoms with Gasteiger partial charge in [0.2, 0.25) is 15.9 Å². The summed E-state index contributed by atoms with van der Waals surface area (Å²) in [5.41, 5.74) is 5.32. The van der Waals surface area contributed by atoms with Crippen molar-refractivity contribution in [3.05, 3.63) is 16.5 Å². The molecule has 12 heteroatoms. The Morgan fingerprint density at radius 1 is 1.46 bits per heavy atom. The number of hydrogen-bond acceptors (Lipinski definition) is 5. The fraction of sp³-hybridized carbons (Fsp3) is 0.625. The maximum atomic E-state index is 12.2. The first-order chi connectivity index (χ1) is 12.8. The molecule has 1 amide bonds. The van der Waals surface area contributed by atoms with Gasteiger partial charge < -0.3 is 16.0 Å². The molecule has 0 radical (unpaired) electrons. The molecule has 0 bridgehead atoms. The number of sulfonamides is 1. The second kappa shape index (κ2) is 12.2. The van der Waals surface area contributed by atoms with Crippen LogP contribution in [-0.4, -0.2) is 57.9 Å². The van der Waals surface area contributed by atoms with E-state index in [0.29, 0.717) is 30.4 Å². The van der Waals surface area contributed by atoms with E-state index in [1.165, 1.54) is 6.07 Å². The molecule has 28 heavy (non-hydrogen) atoms. The highest BCUT2D eigenvalue weighted by molar-refractivity contribution is 14.0. The summed E-state index contributed by atoms with van der Waals surface area (Å²) in [4.78, 5) is 17.8. The summed E-state index contributed by atoms with van der Waals surface area (Å²) in [7, 11) is -3.57. The Morgan fingerprint density at radius 3 is 2.82 bits per heavy atom. The number of carbonyl (C=O) groups is 1. The summed E-state index contributed by atoms with van der Waals surface area (Å²) in [6.45, 7) is 4.73. The highest BCUT2D eigenvalue weighted by Gasteiger charge is 2.23. The molecule has 0 spiro atoms. The van der Waals surface area contributed by atoms with Gasteiger partial charge in [-0.1, -0.05) is 11.6 Å². The first-order valence-corrected chi connectivity index (χ1v) is 11.6. The third-order valence-electron chi connectivity index (χ3n) is 4.12. The van der Waals surface area contributed by atoms with Crippen LogP contribution in [0.5, 0.6) is 0 Å². The van der Waals surface area contributed by atoms with E-state index in [1.54, 1.807) is 6.07 Å². The fourth-order valence-electron chi connectivity index (χ4n) is 2.99. The van der Waals surface area contributed by atoms with E-state index in [0.717, 1.165) is 36.7 Å². The van der Waals surface area contributed by atoms with Crippen LogP contribution in [0.1, 0.15) is 26.2 Å². The SMILES string of the molecule is CCNC(=NCCNS(=O)(=O)c1ccc(Cl)s1)N1CCCC(CC(N)=O)C1.I. The molecule has 1 aromatic heterocycles. The first kappa shape index (κ1) is 25.4. The number of nitrogens with zero attached hydrogens (tertiary/aromatic N) is 2. The molecule has 1 aromatic rings. The van der Waals surface area contributed by atoms with E-state index >= 15 is 0 Å². The lowest BCUT2D eigenvalue weighted by molar-refractivity contribution is -0.119. The Kier molecular flexibility index (Phi) is 11.0. The van der Waals surface area contributed by atoms with Crippen LogP contribution >= 0.6 is 46.9 Å². The van der Waals surface area contributed by atoms with Crippen molar-refractivity contribution in [1.82, 2.24) is 14.9 Å². The molecule has 0 aromatic carbocycles. The number of likely N-dealkylation sites (tertiary alicyclic amines) is 1. The number of rotatable bonds is 8. The molecule has 160 valence electrons. The van der Waals surface area contributed by atoms with E-state index in [-0.39, 0.29) is 46.6 Å². The van der Waals surface area contributed by atoms with Crippen molar-refractivity contribution in [1.29, 1.82) is 0 Å². The molecule has 2 heterocycles. The number of guanidine groups is 1. The summed E-state index contributed by atoms with van der Waals surface area (Å²) in [5, 5.41) is 3.23. The van der Waals surface area contributed by atoms with Crippen molar-refractivity contribution < 1.29 is 13.2 Å². The van der Waals surface area contributed by atoms with E-state index < -0.39 is 10.0 Å². The lowest BCUT2D eigenvalue weighted by Crippen LogP contribution is -2.47. The molecular weight excluding hydrogens is 537 g/mol. The monoisotopic (exact) mass is 563 g/mol. The number of piperidine rings is 1. The van der Waals surface area contributed by atoms with E-state index in [4.69, 9.17) is 17.3 Å². The average molecular weight is 564 g/mol. The predicted octanol–water partition coefficient (Wildman–Crippen LogP) is 1.85. The van der Waals surface area contributed by atoms with E-state index in [2.05, 4.69) is 19.9 Å². The van der Waals surface area contributed by atoms with Crippen molar-refractivity contribution in [2.75, 3.05) is 32.7 Å². The number of hydrogen-bond donors (Lipinski definition) is 3. The molecule has 8 nitrogen and oxygen atoms in total. The van der Waals surface area contributed by atoms with Crippen LogP contribution in [0.25, 0.3) is 0 Å². The van der Waals surface area contributed by atoms with Crippen LogP contribution in [0.4, 0.5) is 0 Å². The van der Waals surface area contributed by atoms with E-state index in [1.807, 2.05) is 6.92 Å². The van der Waals surface area contributed by atoms with Crippen molar-refractivity contribution in [3.63, 3.8) is 0 Å². The van der Waals surface area contributed by atoms with Gasteiger partial charge in [-0.05, 0) is 37.8 Å². The number of nitrogens with two attached hydrogens (primary N) is 1. The van der Waals surface area contributed by atoms with Gasteiger partial charge in [0.1, 0.15) is 4.21 Å². The minimum absolute atomic E-state index is 0. The molecule has 2 rings (SSSR count). The summed E-state index contributed by atoms with van der Waals surface area (Å²) in [6, 6.07) is 3.04. The van der Waals surface area contributed by atoms with Gasteiger partial charge in [-0.25, -0.2) is 13.1 Å². The molecule has 1 aliphatic heterocycles. The van der Waals surface area contributed by atoms with Gasteiger partial charge in [0.25, 0.3) is 0 Å². The Morgan fingerprint density at radius 2 is 2.21 bits per heavy atom. The topological polar surface area (TPSA) is 117 Å². The van der Waals surface area contributed by atoms with Gasteiger partial charge in [-0.2, -0.15) is 0 Å². The van der Waals surface area contributed by atoms with Crippen molar-refractivity contribution in [3.8, 4) is 0 Å². The summed E-state index contributed by atoms with van der Waals surface area (Å²) < 4.78 is 27.5. The molecule has 0 saturated carbocycles. The maximum absolute atomic E-state index is 12.2. The number of nitrogens with one attached hydrogen (secondary N) is 2. The van der Waals surface area contributed by atoms with Gasteiger partial charge in [0.15, 0.2) is 5.96 Å². The van der Waals surface area contributed by atoms with Gasteiger partial charge in [0, 0.05) is 32.6 Å². The Balaban J connectivity index is 0.00000392. The normalized spacial score (nSPS) is 17.9. The molecule has 1 atom stereocenters. The summed E-state index contributed by atoms with van der Waals surface area (Å²) in [5.74, 6) is 0.666. The standard InChI is InChI=1S/C16H26ClN5O3S2.HI/c1-2-19-16(22-9-3-4-12(11-22)10-14(18)23)20-7-8-21-27(24,25)15-6-5-13(17)26-15;/h5-6,12,21H,2-4,7-11H2,1H3,(H2,18,23)(H,19,20);1H.